The van der Waals surface area contributed by atoms with Gasteiger partial charge in [0.05, 0.1) is 25.8 Å². The van der Waals surface area contributed by atoms with Crippen LogP contribution in [0.5, 0.6) is 5.75 Å². The van der Waals surface area contributed by atoms with E-state index < -0.39 is 101 Å². The standard InChI is InChI=1S/C38H48F2N6O9/c1-4-9-27(33(49)37(53)42-18-29(48)44-31(34(41)50)22-14-20(2)15-24(16-22)55-3)43-35(51)28-17-23(47)19-46(28)38(54)32(21-10-6-5-7-11-21)45-36(52)30-25(39)12-8-13-26(30)40/h8,12-16,21,23,27-28,31-32,47H,4-7,9-11,17-19H2,1-3H3,(H2,41,50)(H,42,53)(H,43,51)(H,44,48)(H,45,52)/t23-,27?,28+,31?,32+/m1/s1. The number of rotatable bonds is 16. The quantitative estimate of drug-likeness (QED) is 0.135. The van der Waals surface area contributed by atoms with Crippen molar-refractivity contribution in [2.45, 2.75) is 95.5 Å². The zero-order chi connectivity index (χ0) is 40.4. The summed E-state index contributed by atoms with van der Waals surface area (Å²) < 4.78 is 34.2. The number of aliphatic hydroxyl groups excluding tert-OH is 1. The number of aliphatic hydroxyl groups is 1. The Hall–Kier alpha value is -5.45. The Kier molecular flexibility index (Phi) is 14.8. The minimum atomic E-state index is -1.38. The van der Waals surface area contributed by atoms with Crippen molar-refractivity contribution in [3.05, 3.63) is 64.7 Å². The molecule has 5 atom stereocenters. The van der Waals surface area contributed by atoms with Crippen molar-refractivity contribution in [3.63, 3.8) is 0 Å². The number of ketones is 1. The summed E-state index contributed by atoms with van der Waals surface area (Å²) in [5, 5.41) is 20.2. The molecule has 2 aromatic rings. The molecule has 1 aliphatic heterocycles. The summed E-state index contributed by atoms with van der Waals surface area (Å²) >= 11 is 0. The van der Waals surface area contributed by atoms with E-state index in [-0.39, 0.29) is 19.4 Å². The third kappa shape index (κ3) is 10.8. The average molecular weight is 771 g/mol. The smallest absolute Gasteiger partial charge is 0.290 e. The molecule has 55 heavy (non-hydrogen) atoms. The van der Waals surface area contributed by atoms with Crippen molar-refractivity contribution in [2.75, 3.05) is 20.2 Å². The number of methoxy groups -OCH3 is 1. The van der Waals surface area contributed by atoms with E-state index in [1.807, 2.05) is 0 Å². The Balaban J connectivity index is 1.44. The van der Waals surface area contributed by atoms with Gasteiger partial charge in [0.2, 0.25) is 29.4 Å². The second-order valence-electron chi connectivity index (χ2n) is 13.9. The SMILES string of the molecule is CCCC(NC(=O)[C@@H]1C[C@@H](O)CN1C(=O)[C@@H](NC(=O)c1c(F)cccc1F)C1CCCCC1)C(=O)C(=O)NCC(=O)NC(C(N)=O)c1cc(C)cc(OC)c1. The number of Topliss-reactive ketones (excluding diaryl/α,β-unsaturated/α-hetero) is 1. The van der Waals surface area contributed by atoms with Gasteiger partial charge >= 0.3 is 0 Å². The van der Waals surface area contributed by atoms with Crippen molar-refractivity contribution in [2.24, 2.45) is 11.7 Å². The van der Waals surface area contributed by atoms with Crippen LogP contribution in [0.3, 0.4) is 0 Å². The number of hydrogen-bond donors (Lipinski definition) is 6. The van der Waals surface area contributed by atoms with Gasteiger partial charge in [-0.15, -0.1) is 0 Å². The number of nitrogens with zero attached hydrogens (tertiary/aromatic N) is 1. The molecule has 0 bridgehead atoms. The number of likely N-dealkylation sites (tertiary alicyclic amines) is 1. The van der Waals surface area contributed by atoms with Crippen LogP contribution in [0.2, 0.25) is 0 Å². The molecule has 2 unspecified atom stereocenters. The van der Waals surface area contributed by atoms with Crippen LogP contribution < -0.4 is 31.7 Å². The highest BCUT2D eigenvalue weighted by atomic mass is 19.1. The van der Waals surface area contributed by atoms with Crippen LogP contribution in [0.25, 0.3) is 0 Å². The summed E-state index contributed by atoms with van der Waals surface area (Å²) in [6, 6.07) is 2.52. The molecule has 2 aliphatic rings. The van der Waals surface area contributed by atoms with Crippen molar-refractivity contribution in [1.29, 1.82) is 0 Å². The van der Waals surface area contributed by atoms with E-state index in [0.29, 0.717) is 30.6 Å². The van der Waals surface area contributed by atoms with Crippen molar-refractivity contribution >= 4 is 41.2 Å². The maximum Gasteiger partial charge on any atom is 0.290 e. The van der Waals surface area contributed by atoms with Gasteiger partial charge in [0.25, 0.3) is 11.8 Å². The number of carbonyl (C=O) groups is 7. The van der Waals surface area contributed by atoms with Crippen LogP contribution in [0.1, 0.15) is 85.8 Å². The second kappa shape index (κ2) is 19.2. The molecule has 2 aromatic carbocycles. The highest BCUT2D eigenvalue weighted by molar-refractivity contribution is 6.38. The lowest BCUT2D eigenvalue weighted by Crippen LogP contribution is -2.58. The number of amides is 6. The fraction of sp³-hybridized carbons (Fsp3) is 0.500. The van der Waals surface area contributed by atoms with Crippen LogP contribution >= 0.6 is 0 Å². The first-order valence-corrected chi connectivity index (χ1v) is 18.2. The normalized spacial score (nSPS) is 18.7. The topological polar surface area (TPSA) is 226 Å². The molecular formula is C38H48F2N6O9. The van der Waals surface area contributed by atoms with Crippen LogP contribution in [0.4, 0.5) is 8.78 Å². The third-order valence-electron chi connectivity index (χ3n) is 9.80. The van der Waals surface area contributed by atoms with Gasteiger partial charge in [-0.2, -0.15) is 0 Å². The first-order chi connectivity index (χ1) is 26.1. The van der Waals surface area contributed by atoms with E-state index in [2.05, 4.69) is 21.3 Å². The molecule has 0 spiro atoms. The van der Waals surface area contributed by atoms with Crippen LogP contribution in [0, 0.1) is 24.5 Å². The Labute approximate surface area is 317 Å². The number of nitrogens with one attached hydrogen (secondary N) is 4. The summed E-state index contributed by atoms with van der Waals surface area (Å²) in [5.74, 6) is -8.99. The highest BCUT2D eigenvalue weighted by Crippen LogP contribution is 2.30. The molecule has 17 heteroatoms. The zero-order valence-electron chi connectivity index (χ0n) is 31.0. The molecule has 7 N–H and O–H groups in total. The Bertz CT molecular complexity index is 1770. The van der Waals surface area contributed by atoms with Gasteiger partial charge in [-0.25, -0.2) is 8.78 Å². The summed E-state index contributed by atoms with van der Waals surface area (Å²) in [7, 11) is 1.43. The number of benzene rings is 2. The predicted molar refractivity (Wildman–Crippen MR) is 193 cm³/mol. The van der Waals surface area contributed by atoms with Crippen LogP contribution in [-0.2, 0) is 28.8 Å². The maximum atomic E-state index is 14.5. The molecule has 6 amide bonds. The number of primary amides is 1. The van der Waals surface area contributed by atoms with Gasteiger partial charge in [-0.1, -0.05) is 44.7 Å². The minimum absolute atomic E-state index is 0.00130. The number of carbonyl (C=O) groups excluding carboxylic acids is 7. The van der Waals surface area contributed by atoms with Gasteiger partial charge in [-0.3, -0.25) is 33.6 Å². The summed E-state index contributed by atoms with van der Waals surface area (Å²) in [6.07, 6.45) is 2.37. The van der Waals surface area contributed by atoms with Gasteiger partial charge in [0, 0.05) is 13.0 Å². The van der Waals surface area contributed by atoms with Crippen LogP contribution in [-0.4, -0.2) is 95.7 Å². The predicted octanol–water partition coefficient (Wildman–Crippen LogP) is 1.24. The largest absolute Gasteiger partial charge is 0.497 e. The monoisotopic (exact) mass is 770 g/mol. The van der Waals surface area contributed by atoms with Crippen molar-refractivity contribution < 1.29 is 52.2 Å². The molecule has 4 rings (SSSR count). The zero-order valence-corrected chi connectivity index (χ0v) is 31.0. The average Bonchev–Trinajstić information content (AvgIpc) is 3.55. The summed E-state index contributed by atoms with van der Waals surface area (Å²) in [4.78, 5) is 93.2. The molecule has 15 nitrogen and oxygen atoms in total. The van der Waals surface area contributed by atoms with Crippen molar-refractivity contribution in [3.8, 4) is 5.75 Å². The summed E-state index contributed by atoms with van der Waals surface area (Å²) in [5.41, 5.74) is 5.72. The van der Waals surface area contributed by atoms with E-state index in [1.54, 1.807) is 26.0 Å². The Morgan fingerprint density at radius 3 is 2.27 bits per heavy atom. The first kappa shape index (κ1) is 42.3. The molecule has 1 aliphatic carbocycles. The third-order valence-corrected chi connectivity index (χ3v) is 9.80. The van der Waals surface area contributed by atoms with E-state index in [9.17, 15) is 47.4 Å². The number of ether oxygens (including phenoxy) is 1. The number of hydrogen-bond acceptors (Lipinski definition) is 9. The van der Waals surface area contributed by atoms with Gasteiger partial charge in [0.15, 0.2) is 0 Å². The summed E-state index contributed by atoms with van der Waals surface area (Å²) in [6.45, 7) is 2.44. The fourth-order valence-corrected chi connectivity index (χ4v) is 7.08. The Morgan fingerprint density at radius 1 is 0.982 bits per heavy atom. The molecule has 1 saturated carbocycles. The lowest BCUT2D eigenvalue weighted by atomic mass is 9.83. The highest BCUT2D eigenvalue weighted by Gasteiger charge is 2.45. The van der Waals surface area contributed by atoms with E-state index >= 15 is 0 Å². The molecular weight excluding hydrogens is 722 g/mol. The second-order valence-corrected chi connectivity index (χ2v) is 13.9. The Morgan fingerprint density at radius 2 is 1.65 bits per heavy atom. The molecule has 2 fully saturated rings. The number of halogens is 2. The fourth-order valence-electron chi connectivity index (χ4n) is 7.08. The molecule has 0 radical (unpaired) electrons. The van der Waals surface area contributed by atoms with Gasteiger partial charge in [0.1, 0.15) is 41.1 Å². The van der Waals surface area contributed by atoms with Crippen LogP contribution in [0.15, 0.2) is 36.4 Å². The molecule has 1 heterocycles. The van der Waals surface area contributed by atoms with Crippen molar-refractivity contribution in [1.82, 2.24) is 26.2 Å². The molecule has 298 valence electrons. The minimum Gasteiger partial charge on any atom is -0.497 e. The van der Waals surface area contributed by atoms with E-state index in [1.165, 1.54) is 13.2 Å². The lowest BCUT2D eigenvalue weighted by molar-refractivity contribution is -0.143. The van der Waals surface area contributed by atoms with Gasteiger partial charge in [-0.05, 0) is 67.5 Å². The molecule has 1 saturated heterocycles. The lowest BCUT2D eigenvalue weighted by Gasteiger charge is -2.34. The maximum absolute atomic E-state index is 14.5. The number of β-amino-alcohol motifs (C(OH)–C–C–N with tert-alkyl or cyclic N) is 1. The van der Waals surface area contributed by atoms with E-state index in [4.69, 9.17) is 10.5 Å². The number of nitrogens with two attached hydrogens (primary N) is 1. The van der Waals surface area contributed by atoms with Gasteiger partial charge < -0.3 is 41.7 Å². The molecule has 0 aromatic heterocycles. The number of aryl methyl sites for hydroxylation is 1. The van der Waals surface area contributed by atoms with E-state index in [0.717, 1.165) is 47.9 Å². The first-order valence-electron chi connectivity index (χ1n) is 18.2.